The van der Waals surface area contributed by atoms with Crippen molar-refractivity contribution in [3.05, 3.63) is 29.6 Å². The molecule has 1 aromatic rings. The molecule has 0 aliphatic heterocycles. The maximum absolute atomic E-state index is 4.26. The number of nitrogens with zero attached hydrogens (tertiary/aromatic N) is 2. The van der Waals surface area contributed by atoms with Crippen LogP contribution in [0, 0.1) is 6.92 Å². The van der Waals surface area contributed by atoms with Gasteiger partial charge in [-0.3, -0.25) is 4.98 Å². The van der Waals surface area contributed by atoms with E-state index in [9.17, 15) is 0 Å². The van der Waals surface area contributed by atoms with E-state index in [1.54, 1.807) is 0 Å². The van der Waals surface area contributed by atoms with Gasteiger partial charge < -0.3 is 10.2 Å². The number of hydrogen-bond donors (Lipinski definition) is 1. The molecule has 1 rings (SSSR count). The molecule has 1 N–H and O–H groups in total. The van der Waals surface area contributed by atoms with Gasteiger partial charge in [0.2, 0.25) is 0 Å². The highest BCUT2D eigenvalue weighted by atomic mass is 15.0. The quantitative estimate of drug-likeness (QED) is 0.715. The zero-order valence-electron chi connectivity index (χ0n) is 9.95. The summed E-state index contributed by atoms with van der Waals surface area (Å²) in [5.41, 5.74) is 2.33. The van der Waals surface area contributed by atoms with Crippen LogP contribution in [0.25, 0.3) is 0 Å². The van der Waals surface area contributed by atoms with Gasteiger partial charge in [-0.25, -0.2) is 0 Å². The molecule has 3 nitrogen and oxygen atoms in total. The SMILES string of the molecule is Cc1ccc(CNCCCN(C)C)cn1. The lowest BCUT2D eigenvalue weighted by Crippen LogP contribution is -2.21. The van der Waals surface area contributed by atoms with Gasteiger partial charge in [-0.2, -0.15) is 0 Å². The largest absolute Gasteiger partial charge is 0.313 e. The molecule has 0 atom stereocenters. The first-order chi connectivity index (χ1) is 7.18. The van der Waals surface area contributed by atoms with Crippen LogP contribution in [0.15, 0.2) is 18.3 Å². The molecule has 0 saturated carbocycles. The highest BCUT2D eigenvalue weighted by molar-refractivity contribution is 5.12. The Kier molecular flexibility index (Phi) is 5.29. The summed E-state index contributed by atoms with van der Waals surface area (Å²) in [5.74, 6) is 0. The lowest BCUT2D eigenvalue weighted by atomic mass is 10.2. The molecule has 15 heavy (non-hydrogen) atoms. The average Bonchev–Trinajstić information content (AvgIpc) is 2.20. The molecule has 0 aliphatic carbocycles. The summed E-state index contributed by atoms with van der Waals surface area (Å²) in [6.07, 6.45) is 3.13. The smallest absolute Gasteiger partial charge is 0.0372 e. The molecule has 0 aliphatic rings. The molecule has 0 spiro atoms. The first-order valence-corrected chi connectivity index (χ1v) is 5.45. The van der Waals surface area contributed by atoms with Crippen molar-refractivity contribution in [2.45, 2.75) is 19.9 Å². The summed E-state index contributed by atoms with van der Waals surface area (Å²) in [4.78, 5) is 6.46. The molecule has 0 bridgehead atoms. The molecule has 3 heteroatoms. The van der Waals surface area contributed by atoms with Crippen molar-refractivity contribution in [1.29, 1.82) is 0 Å². The lowest BCUT2D eigenvalue weighted by molar-refractivity contribution is 0.394. The minimum Gasteiger partial charge on any atom is -0.313 e. The fourth-order valence-electron chi connectivity index (χ4n) is 1.36. The van der Waals surface area contributed by atoms with Crippen molar-refractivity contribution in [3.63, 3.8) is 0 Å². The standard InChI is InChI=1S/C12H21N3/c1-11-5-6-12(10-14-11)9-13-7-4-8-15(2)3/h5-6,10,13H,4,7-9H2,1-3H3. The molecule has 0 saturated heterocycles. The highest BCUT2D eigenvalue weighted by Crippen LogP contribution is 1.98. The first-order valence-electron chi connectivity index (χ1n) is 5.45. The maximum Gasteiger partial charge on any atom is 0.0372 e. The summed E-state index contributed by atoms with van der Waals surface area (Å²) < 4.78 is 0. The van der Waals surface area contributed by atoms with Crippen LogP contribution >= 0.6 is 0 Å². The maximum atomic E-state index is 4.26. The predicted octanol–water partition coefficient (Wildman–Crippen LogP) is 1.43. The van der Waals surface area contributed by atoms with Crippen molar-refractivity contribution in [3.8, 4) is 0 Å². The summed E-state index contributed by atoms with van der Waals surface area (Å²) in [5, 5.41) is 3.41. The Balaban J connectivity index is 2.12. The second kappa shape index (κ2) is 6.53. The number of aromatic nitrogens is 1. The number of pyridine rings is 1. The van der Waals surface area contributed by atoms with Crippen molar-refractivity contribution >= 4 is 0 Å². The van der Waals surface area contributed by atoms with Gasteiger partial charge in [0, 0.05) is 18.4 Å². The summed E-state index contributed by atoms with van der Waals surface area (Å²) >= 11 is 0. The molecule has 0 unspecified atom stereocenters. The molecule has 1 aromatic heterocycles. The van der Waals surface area contributed by atoms with E-state index < -0.39 is 0 Å². The third-order valence-corrected chi connectivity index (χ3v) is 2.26. The van der Waals surface area contributed by atoms with E-state index in [1.807, 2.05) is 13.1 Å². The Morgan fingerprint density at radius 2 is 2.13 bits per heavy atom. The van der Waals surface area contributed by atoms with Crippen LogP contribution in [-0.2, 0) is 6.54 Å². The first kappa shape index (κ1) is 12.1. The Bertz CT molecular complexity index is 267. The summed E-state index contributed by atoms with van der Waals surface area (Å²) in [7, 11) is 4.20. The monoisotopic (exact) mass is 207 g/mol. The topological polar surface area (TPSA) is 28.2 Å². The molecule has 1 heterocycles. The van der Waals surface area contributed by atoms with Crippen molar-refractivity contribution in [2.75, 3.05) is 27.2 Å². The summed E-state index contributed by atoms with van der Waals surface area (Å²) in [6, 6.07) is 4.18. The van der Waals surface area contributed by atoms with Crippen molar-refractivity contribution < 1.29 is 0 Å². The molecule has 0 fully saturated rings. The van der Waals surface area contributed by atoms with Gasteiger partial charge >= 0.3 is 0 Å². The van der Waals surface area contributed by atoms with Gasteiger partial charge in [0.25, 0.3) is 0 Å². The van der Waals surface area contributed by atoms with Gasteiger partial charge in [-0.05, 0) is 52.2 Å². The zero-order chi connectivity index (χ0) is 11.1. The third kappa shape index (κ3) is 5.50. The van der Waals surface area contributed by atoms with Gasteiger partial charge in [-0.15, -0.1) is 0 Å². The van der Waals surface area contributed by atoms with E-state index in [0.717, 1.165) is 25.3 Å². The molecule has 0 amide bonds. The predicted molar refractivity (Wildman–Crippen MR) is 63.9 cm³/mol. The van der Waals surface area contributed by atoms with Crippen LogP contribution in [0.1, 0.15) is 17.7 Å². The van der Waals surface area contributed by atoms with Gasteiger partial charge in [0.05, 0.1) is 0 Å². The van der Waals surface area contributed by atoms with Crippen LogP contribution in [0.5, 0.6) is 0 Å². The highest BCUT2D eigenvalue weighted by Gasteiger charge is 1.93. The number of aryl methyl sites for hydroxylation is 1. The van der Waals surface area contributed by atoms with E-state index in [-0.39, 0.29) is 0 Å². The van der Waals surface area contributed by atoms with Crippen LogP contribution in [0.2, 0.25) is 0 Å². The van der Waals surface area contributed by atoms with Crippen LogP contribution in [-0.4, -0.2) is 37.1 Å². The Morgan fingerprint density at radius 3 is 2.73 bits per heavy atom. The minimum absolute atomic E-state index is 0.917. The molecule has 0 radical (unpaired) electrons. The zero-order valence-corrected chi connectivity index (χ0v) is 9.95. The number of nitrogens with one attached hydrogen (secondary N) is 1. The molecule has 0 aromatic carbocycles. The average molecular weight is 207 g/mol. The second-order valence-corrected chi connectivity index (χ2v) is 4.14. The van der Waals surface area contributed by atoms with Crippen molar-refractivity contribution in [1.82, 2.24) is 15.2 Å². The summed E-state index contributed by atoms with van der Waals surface area (Å²) in [6.45, 7) is 5.13. The Hall–Kier alpha value is -0.930. The van der Waals surface area contributed by atoms with Crippen LogP contribution in [0.4, 0.5) is 0 Å². The number of hydrogen-bond acceptors (Lipinski definition) is 3. The minimum atomic E-state index is 0.917. The second-order valence-electron chi connectivity index (χ2n) is 4.14. The van der Waals surface area contributed by atoms with Gasteiger partial charge in [0.15, 0.2) is 0 Å². The normalized spacial score (nSPS) is 10.9. The van der Waals surface area contributed by atoms with E-state index in [2.05, 4.69) is 41.4 Å². The molecule has 84 valence electrons. The molecular formula is C12H21N3. The van der Waals surface area contributed by atoms with E-state index in [0.29, 0.717) is 0 Å². The van der Waals surface area contributed by atoms with Crippen molar-refractivity contribution in [2.24, 2.45) is 0 Å². The lowest BCUT2D eigenvalue weighted by Gasteiger charge is -2.09. The van der Waals surface area contributed by atoms with Gasteiger partial charge in [-0.1, -0.05) is 6.07 Å². The number of rotatable bonds is 6. The van der Waals surface area contributed by atoms with Crippen LogP contribution < -0.4 is 5.32 Å². The molecular weight excluding hydrogens is 186 g/mol. The van der Waals surface area contributed by atoms with Crippen LogP contribution in [0.3, 0.4) is 0 Å². The fourth-order valence-corrected chi connectivity index (χ4v) is 1.36. The third-order valence-electron chi connectivity index (χ3n) is 2.26. The fraction of sp³-hybridized carbons (Fsp3) is 0.583. The Labute approximate surface area is 92.5 Å². The Morgan fingerprint density at radius 1 is 1.33 bits per heavy atom. The van der Waals surface area contributed by atoms with Gasteiger partial charge in [0.1, 0.15) is 0 Å². The van der Waals surface area contributed by atoms with E-state index in [1.165, 1.54) is 12.0 Å². The van der Waals surface area contributed by atoms with E-state index >= 15 is 0 Å². The van der Waals surface area contributed by atoms with E-state index in [4.69, 9.17) is 0 Å².